The third-order valence-electron chi connectivity index (χ3n) is 2.29. The lowest BCUT2D eigenvalue weighted by Crippen LogP contribution is -2.26. The van der Waals surface area contributed by atoms with Gasteiger partial charge in [0.15, 0.2) is 0 Å². The molecule has 18 heavy (non-hydrogen) atoms. The molecule has 2 heterocycles. The van der Waals surface area contributed by atoms with Gasteiger partial charge in [-0.15, -0.1) is 22.7 Å². The Hall–Kier alpha value is -1.31. The molecule has 0 aliphatic carbocycles. The fourth-order valence-electron chi connectivity index (χ4n) is 1.41. The highest BCUT2D eigenvalue weighted by Gasteiger charge is 2.09. The van der Waals surface area contributed by atoms with E-state index in [1.807, 2.05) is 5.38 Å². The summed E-state index contributed by atoms with van der Waals surface area (Å²) in [6, 6.07) is 0. The first kappa shape index (κ1) is 13.1. The number of nitrogens with zero attached hydrogens (tertiary/aromatic N) is 2. The molecule has 5 nitrogen and oxygen atoms in total. The second-order valence-corrected chi connectivity index (χ2v) is 5.31. The number of carbonyl (C=O) groups excluding carboxylic acids is 1. The zero-order valence-electron chi connectivity index (χ0n) is 9.76. The number of rotatable bonds is 6. The highest BCUT2D eigenvalue weighted by molar-refractivity contribution is 7.09. The molecular formula is C11H14N4OS2. The molecule has 3 N–H and O–H groups in total. The second-order valence-electron chi connectivity index (χ2n) is 3.65. The summed E-state index contributed by atoms with van der Waals surface area (Å²) in [7, 11) is 0. The normalized spacial score (nSPS) is 10.5. The van der Waals surface area contributed by atoms with Crippen LogP contribution in [0.25, 0.3) is 0 Å². The first-order chi connectivity index (χ1) is 8.79. The maximum absolute atomic E-state index is 11.8. The third kappa shape index (κ3) is 3.59. The van der Waals surface area contributed by atoms with Crippen LogP contribution in [-0.2, 0) is 12.8 Å². The van der Waals surface area contributed by atoms with Crippen LogP contribution in [-0.4, -0.2) is 29.0 Å². The lowest BCUT2D eigenvalue weighted by atomic mass is 10.3. The van der Waals surface area contributed by atoms with Crippen LogP contribution in [0.3, 0.4) is 0 Å². The van der Waals surface area contributed by atoms with Crippen molar-refractivity contribution in [3.8, 4) is 0 Å². The molecule has 0 bridgehead atoms. The zero-order chi connectivity index (χ0) is 12.8. The number of hydrogen-bond donors (Lipinski definition) is 2. The van der Waals surface area contributed by atoms with Crippen molar-refractivity contribution in [2.75, 3.05) is 13.1 Å². The standard InChI is InChI=1S/C11H14N4OS2/c12-3-1-10-15-9(6-18-10)11(16)13-4-2-8-5-17-7-14-8/h5-7H,1-4,12H2,(H,13,16). The van der Waals surface area contributed by atoms with Gasteiger partial charge in [0, 0.05) is 30.1 Å². The SMILES string of the molecule is NCCc1nc(C(=O)NCCc2cscn2)cs1. The van der Waals surface area contributed by atoms with Crippen LogP contribution >= 0.6 is 22.7 Å². The van der Waals surface area contributed by atoms with Crippen LogP contribution in [0.2, 0.25) is 0 Å². The Bertz CT molecular complexity index is 495. The van der Waals surface area contributed by atoms with Crippen molar-refractivity contribution >= 4 is 28.6 Å². The molecule has 0 aliphatic heterocycles. The van der Waals surface area contributed by atoms with Gasteiger partial charge in [-0.3, -0.25) is 4.79 Å². The fraction of sp³-hybridized carbons (Fsp3) is 0.364. The molecule has 0 spiro atoms. The lowest BCUT2D eigenvalue weighted by Gasteiger charge is -2.00. The highest BCUT2D eigenvalue weighted by Crippen LogP contribution is 2.09. The van der Waals surface area contributed by atoms with Gasteiger partial charge in [-0.1, -0.05) is 0 Å². The first-order valence-corrected chi connectivity index (χ1v) is 7.41. The average Bonchev–Trinajstić information content (AvgIpc) is 3.00. The van der Waals surface area contributed by atoms with Crippen LogP contribution in [0.1, 0.15) is 21.2 Å². The maximum Gasteiger partial charge on any atom is 0.270 e. The summed E-state index contributed by atoms with van der Waals surface area (Å²) >= 11 is 3.03. The Labute approximate surface area is 113 Å². The fourth-order valence-corrected chi connectivity index (χ4v) is 2.80. The minimum absolute atomic E-state index is 0.134. The molecule has 0 unspecified atom stereocenters. The van der Waals surface area contributed by atoms with E-state index in [-0.39, 0.29) is 5.91 Å². The number of nitrogens with two attached hydrogens (primary N) is 1. The molecule has 7 heteroatoms. The largest absolute Gasteiger partial charge is 0.350 e. The highest BCUT2D eigenvalue weighted by atomic mass is 32.1. The van der Waals surface area contributed by atoms with Crippen molar-refractivity contribution in [2.45, 2.75) is 12.8 Å². The van der Waals surface area contributed by atoms with E-state index < -0.39 is 0 Å². The molecule has 2 aromatic heterocycles. The minimum Gasteiger partial charge on any atom is -0.350 e. The van der Waals surface area contributed by atoms with Crippen molar-refractivity contribution in [3.63, 3.8) is 0 Å². The summed E-state index contributed by atoms with van der Waals surface area (Å²) in [5, 5.41) is 7.48. The van der Waals surface area contributed by atoms with Crippen LogP contribution in [0.4, 0.5) is 0 Å². The van der Waals surface area contributed by atoms with Gasteiger partial charge in [0.05, 0.1) is 16.2 Å². The van der Waals surface area contributed by atoms with E-state index in [1.54, 1.807) is 22.2 Å². The Morgan fingerprint density at radius 1 is 1.39 bits per heavy atom. The number of nitrogens with one attached hydrogen (secondary N) is 1. The lowest BCUT2D eigenvalue weighted by molar-refractivity contribution is 0.0949. The second kappa shape index (κ2) is 6.58. The number of aromatic nitrogens is 2. The average molecular weight is 282 g/mol. The van der Waals surface area contributed by atoms with Crippen molar-refractivity contribution in [2.24, 2.45) is 5.73 Å². The monoisotopic (exact) mass is 282 g/mol. The van der Waals surface area contributed by atoms with Gasteiger partial charge in [0.25, 0.3) is 5.91 Å². The van der Waals surface area contributed by atoms with Gasteiger partial charge in [0.2, 0.25) is 0 Å². The van der Waals surface area contributed by atoms with Gasteiger partial charge in [0.1, 0.15) is 5.69 Å². The van der Waals surface area contributed by atoms with Crippen LogP contribution in [0, 0.1) is 0 Å². The van der Waals surface area contributed by atoms with E-state index >= 15 is 0 Å². The Morgan fingerprint density at radius 2 is 2.28 bits per heavy atom. The van der Waals surface area contributed by atoms with E-state index in [9.17, 15) is 4.79 Å². The van der Waals surface area contributed by atoms with E-state index in [1.165, 1.54) is 11.3 Å². The van der Waals surface area contributed by atoms with Crippen LogP contribution in [0.5, 0.6) is 0 Å². The molecule has 0 radical (unpaired) electrons. The number of amides is 1. The van der Waals surface area contributed by atoms with E-state index in [0.717, 1.165) is 23.5 Å². The third-order valence-corrected chi connectivity index (χ3v) is 3.84. The molecule has 0 aromatic carbocycles. The number of hydrogen-bond acceptors (Lipinski definition) is 6. The van der Waals surface area contributed by atoms with Crippen LogP contribution in [0.15, 0.2) is 16.3 Å². The smallest absolute Gasteiger partial charge is 0.270 e. The van der Waals surface area contributed by atoms with Crippen LogP contribution < -0.4 is 11.1 Å². The van der Waals surface area contributed by atoms with Gasteiger partial charge < -0.3 is 11.1 Å². The van der Waals surface area contributed by atoms with Gasteiger partial charge in [-0.25, -0.2) is 9.97 Å². The maximum atomic E-state index is 11.8. The topological polar surface area (TPSA) is 80.9 Å². The molecule has 0 saturated heterocycles. The molecule has 0 fully saturated rings. The van der Waals surface area contributed by atoms with Crippen molar-refractivity contribution in [1.82, 2.24) is 15.3 Å². The molecule has 2 rings (SSSR count). The van der Waals surface area contributed by atoms with Crippen molar-refractivity contribution < 1.29 is 4.79 Å². The van der Waals surface area contributed by atoms with Crippen molar-refractivity contribution in [3.05, 3.63) is 32.7 Å². The van der Waals surface area contributed by atoms with E-state index in [4.69, 9.17) is 5.73 Å². The van der Waals surface area contributed by atoms with E-state index in [2.05, 4.69) is 15.3 Å². The Balaban J connectivity index is 1.80. The predicted molar refractivity (Wildman–Crippen MR) is 73.0 cm³/mol. The van der Waals surface area contributed by atoms with Gasteiger partial charge in [-0.05, 0) is 6.54 Å². The zero-order valence-corrected chi connectivity index (χ0v) is 11.4. The van der Waals surface area contributed by atoms with Gasteiger partial charge >= 0.3 is 0 Å². The predicted octanol–water partition coefficient (Wildman–Crippen LogP) is 1.07. The summed E-state index contributed by atoms with van der Waals surface area (Å²) < 4.78 is 0. The van der Waals surface area contributed by atoms with E-state index in [0.29, 0.717) is 18.8 Å². The molecule has 0 saturated carbocycles. The molecule has 2 aromatic rings. The first-order valence-electron chi connectivity index (χ1n) is 5.59. The minimum atomic E-state index is -0.134. The molecule has 0 atom stereocenters. The summed E-state index contributed by atoms with van der Waals surface area (Å²) in [5.74, 6) is -0.134. The van der Waals surface area contributed by atoms with Crippen molar-refractivity contribution in [1.29, 1.82) is 0 Å². The summed E-state index contributed by atoms with van der Waals surface area (Å²) in [6.45, 7) is 1.13. The molecule has 0 aliphatic rings. The number of carbonyl (C=O) groups is 1. The quantitative estimate of drug-likeness (QED) is 0.830. The molecular weight excluding hydrogens is 268 g/mol. The molecule has 1 amide bonds. The summed E-state index contributed by atoms with van der Waals surface area (Å²) in [6.07, 6.45) is 1.46. The molecule has 96 valence electrons. The Kier molecular flexibility index (Phi) is 4.80. The summed E-state index contributed by atoms with van der Waals surface area (Å²) in [4.78, 5) is 20.2. The van der Waals surface area contributed by atoms with Gasteiger partial charge in [-0.2, -0.15) is 0 Å². The number of thiazole rings is 2. The Morgan fingerprint density at radius 3 is 3.00 bits per heavy atom. The summed E-state index contributed by atoms with van der Waals surface area (Å²) in [5.41, 5.74) is 8.70.